The number of fused-ring (bicyclic) bond motifs is 1. The molecule has 1 saturated heterocycles. The van der Waals surface area contributed by atoms with Crippen molar-refractivity contribution >= 4 is 16.9 Å². The fraction of sp³-hybridized carbons (Fsp3) is 0.462. The van der Waals surface area contributed by atoms with Crippen molar-refractivity contribution in [1.82, 2.24) is 14.5 Å². The van der Waals surface area contributed by atoms with Crippen LogP contribution in [0.2, 0.25) is 0 Å². The summed E-state index contributed by atoms with van der Waals surface area (Å²) >= 11 is 0. The van der Waals surface area contributed by atoms with E-state index < -0.39 is 36.2 Å². The third kappa shape index (κ3) is 1.98. The fourth-order valence-electron chi connectivity index (χ4n) is 2.68. The average molecular weight is 308 g/mol. The summed E-state index contributed by atoms with van der Waals surface area (Å²) in [6, 6.07) is 2.73. The Labute approximate surface area is 124 Å². The summed E-state index contributed by atoms with van der Waals surface area (Å²) in [5.74, 6) is 0.177. The Morgan fingerprint density at radius 2 is 2.18 bits per heavy atom. The zero-order valence-electron chi connectivity index (χ0n) is 11.7. The van der Waals surface area contributed by atoms with E-state index in [1.54, 1.807) is 0 Å². The molecule has 2 aromatic heterocycles. The molecule has 2 aromatic rings. The molecular formula is C13H16N4O5. The van der Waals surface area contributed by atoms with E-state index in [1.165, 1.54) is 25.4 Å². The minimum absolute atomic E-state index is 0.177. The van der Waals surface area contributed by atoms with Crippen LogP contribution in [0.25, 0.3) is 11.0 Å². The van der Waals surface area contributed by atoms with E-state index in [4.69, 9.17) is 10.5 Å². The van der Waals surface area contributed by atoms with Gasteiger partial charge in [0.05, 0.1) is 12.0 Å². The molecule has 3 rings (SSSR count). The number of rotatable bonds is 2. The Morgan fingerprint density at radius 1 is 1.45 bits per heavy atom. The number of nitrogen functional groups attached to an aromatic ring is 1. The van der Waals surface area contributed by atoms with Gasteiger partial charge in [0.2, 0.25) is 0 Å². The fourth-order valence-corrected chi connectivity index (χ4v) is 2.68. The molecule has 5 N–H and O–H groups in total. The highest BCUT2D eigenvalue weighted by Gasteiger charge is 2.53. The molecule has 3 unspecified atom stereocenters. The monoisotopic (exact) mass is 308 g/mol. The van der Waals surface area contributed by atoms with Crippen molar-refractivity contribution in [3.8, 4) is 0 Å². The molecule has 22 heavy (non-hydrogen) atoms. The first-order chi connectivity index (χ1) is 10.4. The van der Waals surface area contributed by atoms with Gasteiger partial charge in [-0.05, 0) is 13.0 Å². The lowest BCUT2D eigenvalue weighted by Crippen LogP contribution is -2.46. The Morgan fingerprint density at radius 3 is 2.82 bits per heavy atom. The predicted octanol–water partition coefficient (Wildman–Crippen LogP) is -1.62. The average Bonchev–Trinajstić information content (AvgIpc) is 2.70. The SMILES string of the molecule is CC1(O)C(n2c(=O)ccc3c(N)ncnc32)OC(CO)[C@H]1O. The lowest BCUT2D eigenvalue weighted by Gasteiger charge is -2.28. The second kappa shape index (κ2) is 4.99. The summed E-state index contributed by atoms with van der Waals surface area (Å²) in [6.45, 7) is 0.832. The Balaban J connectivity index is 2.24. The first kappa shape index (κ1) is 14.9. The number of hydrogen-bond acceptors (Lipinski definition) is 8. The van der Waals surface area contributed by atoms with Gasteiger partial charge in [0, 0.05) is 6.07 Å². The maximum atomic E-state index is 12.2. The maximum Gasteiger partial charge on any atom is 0.254 e. The van der Waals surface area contributed by atoms with Crippen LogP contribution in [0.5, 0.6) is 0 Å². The predicted molar refractivity (Wildman–Crippen MR) is 75.8 cm³/mol. The summed E-state index contributed by atoms with van der Waals surface area (Å²) in [4.78, 5) is 20.1. The van der Waals surface area contributed by atoms with Crippen LogP contribution in [0.3, 0.4) is 0 Å². The molecule has 4 atom stereocenters. The van der Waals surface area contributed by atoms with Crippen molar-refractivity contribution in [1.29, 1.82) is 0 Å². The van der Waals surface area contributed by atoms with Gasteiger partial charge < -0.3 is 25.8 Å². The zero-order valence-corrected chi connectivity index (χ0v) is 11.7. The molecule has 1 aliphatic rings. The van der Waals surface area contributed by atoms with Crippen LogP contribution in [0.1, 0.15) is 13.2 Å². The van der Waals surface area contributed by atoms with E-state index in [-0.39, 0.29) is 11.5 Å². The van der Waals surface area contributed by atoms with Crippen molar-refractivity contribution in [3.63, 3.8) is 0 Å². The molecule has 0 spiro atoms. The van der Waals surface area contributed by atoms with Crippen LogP contribution >= 0.6 is 0 Å². The Kier molecular flexibility index (Phi) is 3.37. The molecule has 0 aliphatic carbocycles. The number of nitrogens with two attached hydrogens (primary N) is 1. The van der Waals surface area contributed by atoms with E-state index in [0.29, 0.717) is 5.39 Å². The van der Waals surface area contributed by atoms with Gasteiger partial charge in [0.1, 0.15) is 30.0 Å². The smallest absolute Gasteiger partial charge is 0.254 e. The van der Waals surface area contributed by atoms with Gasteiger partial charge in [-0.15, -0.1) is 0 Å². The van der Waals surface area contributed by atoms with E-state index >= 15 is 0 Å². The van der Waals surface area contributed by atoms with Gasteiger partial charge in [-0.2, -0.15) is 0 Å². The number of anilines is 1. The van der Waals surface area contributed by atoms with E-state index in [0.717, 1.165) is 4.57 Å². The number of aliphatic hydroxyl groups excluding tert-OH is 2. The minimum Gasteiger partial charge on any atom is -0.394 e. The number of hydrogen-bond donors (Lipinski definition) is 4. The molecular weight excluding hydrogens is 292 g/mol. The highest BCUT2D eigenvalue weighted by molar-refractivity contribution is 5.85. The normalized spacial score (nSPS) is 31.7. The molecule has 1 aliphatic heterocycles. The van der Waals surface area contributed by atoms with Crippen molar-refractivity contribution in [3.05, 3.63) is 28.8 Å². The number of ether oxygens (including phenoxy) is 1. The third-order valence-electron chi connectivity index (χ3n) is 3.92. The van der Waals surface area contributed by atoms with Crippen LogP contribution < -0.4 is 11.3 Å². The molecule has 1 fully saturated rings. The van der Waals surface area contributed by atoms with Crippen molar-refractivity contribution in [2.45, 2.75) is 31.0 Å². The Hall–Kier alpha value is -2.07. The van der Waals surface area contributed by atoms with Crippen LogP contribution in [0.4, 0.5) is 5.82 Å². The van der Waals surface area contributed by atoms with Crippen molar-refractivity contribution in [2.75, 3.05) is 12.3 Å². The number of aliphatic hydroxyl groups is 3. The molecule has 9 nitrogen and oxygen atoms in total. The topological polar surface area (TPSA) is 144 Å². The van der Waals surface area contributed by atoms with Gasteiger partial charge in [0.25, 0.3) is 5.56 Å². The third-order valence-corrected chi connectivity index (χ3v) is 3.92. The van der Waals surface area contributed by atoms with E-state index in [9.17, 15) is 20.1 Å². The molecule has 9 heteroatoms. The maximum absolute atomic E-state index is 12.2. The van der Waals surface area contributed by atoms with Crippen molar-refractivity contribution in [2.24, 2.45) is 0 Å². The second-order valence-electron chi connectivity index (χ2n) is 5.42. The number of nitrogens with zero attached hydrogens (tertiary/aromatic N) is 3. The zero-order chi connectivity index (χ0) is 16.1. The van der Waals surface area contributed by atoms with Gasteiger partial charge in [-0.25, -0.2) is 9.97 Å². The summed E-state index contributed by atoms with van der Waals surface area (Å²) in [5, 5.41) is 30.2. The standard InChI is InChI=1S/C13H16N4O5/c1-13(21)9(20)7(4-18)22-12(13)17-8(19)3-2-6-10(14)15-5-16-11(6)17/h2-3,5,7,9,12,18,20-21H,4H2,1H3,(H2,14,15,16)/t7?,9-,12?,13?/m1/s1. The number of aromatic nitrogens is 3. The molecule has 0 radical (unpaired) electrons. The highest BCUT2D eigenvalue weighted by atomic mass is 16.6. The summed E-state index contributed by atoms with van der Waals surface area (Å²) in [7, 11) is 0. The number of pyridine rings is 1. The van der Waals surface area contributed by atoms with Gasteiger partial charge in [-0.1, -0.05) is 0 Å². The van der Waals surface area contributed by atoms with Crippen LogP contribution in [-0.4, -0.2) is 54.3 Å². The van der Waals surface area contributed by atoms with Gasteiger partial charge in [0.15, 0.2) is 11.9 Å². The quantitative estimate of drug-likeness (QED) is 0.518. The highest BCUT2D eigenvalue weighted by Crippen LogP contribution is 2.38. The first-order valence-electron chi connectivity index (χ1n) is 6.66. The van der Waals surface area contributed by atoms with Gasteiger partial charge in [-0.3, -0.25) is 9.36 Å². The lowest BCUT2D eigenvalue weighted by atomic mass is 9.96. The van der Waals surface area contributed by atoms with Crippen LogP contribution in [-0.2, 0) is 4.74 Å². The summed E-state index contributed by atoms with van der Waals surface area (Å²) < 4.78 is 6.57. The minimum atomic E-state index is -1.79. The summed E-state index contributed by atoms with van der Waals surface area (Å²) in [5.41, 5.74) is 3.67. The van der Waals surface area contributed by atoms with Crippen LogP contribution in [0, 0.1) is 0 Å². The molecule has 3 heterocycles. The first-order valence-corrected chi connectivity index (χ1v) is 6.66. The molecule has 0 saturated carbocycles. The summed E-state index contributed by atoms with van der Waals surface area (Å²) in [6.07, 6.45) is -2.40. The molecule has 0 bridgehead atoms. The van der Waals surface area contributed by atoms with Crippen molar-refractivity contribution < 1.29 is 20.1 Å². The molecule has 0 aromatic carbocycles. The molecule has 118 valence electrons. The van der Waals surface area contributed by atoms with E-state index in [1.807, 2.05) is 0 Å². The van der Waals surface area contributed by atoms with Gasteiger partial charge >= 0.3 is 0 Å². The van der Waals surface area contributed by atoms with Crippen LogP contribution in [0.15, 0.2) is 23.3 Å². The molecule has 0 amide bonds. The lowest BCUT2D eigenvalue weighted by molar-refractivity contribution is -0.0963. The van der Waals surface area contributed by atoms with E-state index in [2.05, 4.69) is 9.97 Å². The largest absolute Gasteiger partial charge is 0.394 e. The Bertz CT molecular complexity index is 775. The second-order valence-corrected chi connectivity index (χ2v) is 5.42.